The number of allylic oxidation sites excluding steroid dienone is 12. The van der Waals surface area contributed by atoms with Gasteiger partial charge in [-0.1, -0.05) is 204 Å². The van der Waals surface area contributed by atoms with Crippen LogP contribution < -0.4 is 9.80 Å². The van der Waals surface area contributed by atoms with Crippen molar-refractivity contribution in [3.05, 3.63) is 217 Å². The van der Waals surface area contributed by atoms with Gasteiger partial charge in [-0.3, -0.25) is 0 Å². The number of benzene rings is 4. The average molecular weight is 721 g/mol. The van der Waals surface area contributed by atoms with E-state index in [1.54, 1.807) is 12.2 Å². The van der Waals surface area contributed by atoms with Gasteiger partial charge in [0.1, 0.15) is 0 Å². The van der Waals surface area contributed by atoms with Crippen molar-refractivity contribution in [1.29, 1.82) is 0 Å². The number of hydrogen-bond donors (Lipinski definition) is 0. The summed E-state index contributed by atoms with van der Waals surface area (Å²) in [7, 11) is 3.93. The van der Waals surface area contributed by atoms with E-state index in [2.05, 4.69) is 182 Å². The fourth-order valence-electron chi connectivity index (χ4n) is 5.35. The zero-order valence-corrected chi connectivity index (χ0v) is 32.3. The molecule has 0 bridgehead atoms. The summed E-state index contributed by atoms with van der Waals surface area (Å²) < 4.78 is 0. The van der Waals surface area contributed by atoms with Crippen molar-refractivity contribution in [1.82, 2.24) is 0 Å². The number of nitrogens with zero attached hydrogens (tertiary/aromatic N) is 2. The van der Waals surface area contributed by atoms with Gasteiger partial charge < -0.3 is 9.80 Å². The van der Waals surface area contributed by atoms with Crippen LogP contribution in [-0.4, -0.2) is 24.6 Å². The number of anilines is 2. The third-order valence-electron chi connectivity index (χ3n) is 8.21. The summed E-state index contributed by atoms with van der Waals surface area (Å²) in [6.45, 7) is 15.4. The van der Waals surface area contributed by atoms with E-state index in [0.717, 1.165) is 37.7 Å². The van der Waals surface area contributed by atoms with Gasteiger partial charge in [0.25, 0.3) is 0 Å². The van der Waals surface area contributed by atoms with Gasteiger partial charge in [0.05, 0.1) is 0 Å². The van der Waals surface area contributed by atoms with E-state index in [4.69, 9.17) is 0 Å². The van der Waals surface area contributed by atoms with Crippen LogP contribution >= 0.6 is 21.6 Å². The second-order valence-corrected chi connectivity index (χ2v) is 15.1. The Balaban J connectivity index is 1.34. The van der Waals surface area contributed by atoms with E-state index < -0.39 is 0 Å². The first-order chi connectivity index (χ1) is 25.5. The second-order valence-electron chi connectivity index (χ2n) is 12.4. The minimum atomic E-state index is 0.886. The third-order valence-corrected chi connectivity index (χ3v) is 10.6. The van der Waals surface area contributed by atoms with Crippen LogP contribution in [0.15, 0.2) is 194 Å². The van der Waals surface area contributed by atoms with Crippen LogP contribution in [0, 0.1) is 0 Å². The van der Waals surface area contributed by atoms with Gasteiger partial charge in [0, 0.05) is 49.1 Å². The quantitative estimate of drug-likeness (QED) is 0.0480. The minimum absolute atomic E-state index is 0.886. The molecule has 0 heterocycles. The molecule has 0 fully saturated rings. The zero-order chi connectivity index (χ0) is 36.6. The predicted molar refractivity (Wildman–Crippen MR) is 237 cm³/mol. The fraction of sp³-hybridized carbons (Fsp3) is 0.167. The van der Waals surface area contributed by atoms with Crippen LogP contribution in [0.3, 0.4) is 0 Å². The Morgan fingerprint density at radius 1 is 0.519 bits per heavy atom. The SMILES string of the molecule is C=C\C=C/C=C(C)/C=C/c1ccc(N(CCSSCCN(Cc2ccccc2)c2ccc(/C=C/C(C)=C/C=C\C=C)cc2)Cc2ccccc2)cc1. The maximum atomic E-state index is 3.73. The second kappa shape index (κ2) is 23.6. The Morgan fingerprint density at radius 2 is 0.904 bits per heavy atom. The van der Waals surface area contributed by atoms with Crippen molar-refractivity contribution >= 4 is 45.1 Å². The molecule has 0 amide bonds. The highest BCUT2D eigenvalue weighted by molar-refractivity contribution is 8.76. The molecule has 0 saturated carbocycles. The van der Waals surface area contributed by atoms with E-state index in [-0.39, 0.29) is 0 Å². The molecule has 2 nitrogen and oxygen atoms in total. The van der Waals surface area contributed by atoms with Crippen LogP contribution in [0.2, 0.25) is 0 Å². The zero-order valence-electron chi connectivity index (χ0n) is 30.7. The van der Waals surface area contributed by atoms with Gasteiger partial charge in [-0.25, -0.2) is 0 Å². The van der Waals surface area contributed by atoms with Gasteiger partial charge in [0.2, 0.25) is 0 Å². The van der Waals surface area contributed by atoms with E-state index in [0.29, 0.717) is 0 Å². The van der Waals surface area contributed by atoms with E-state index in [1.165, 1.54) is 44.8 Å². The molecule has 0 unspecified atom stereocenters. The molecular weight excluding hydrogens is 669 g/mol. The Labute approximate surface area is 321 Å². The lowest BCUT2D eigenvalue weighted by Crippen LogP contribution is -2.26. The Bertz CT molecular complexity index is 1680. The Kier molecular flexibility index (Phi) is 18.1. The number of hydrogen-bond acceptors (Lipinski definition) is 4. The molecule has 0 aliphatic rings. The van der Waals surface area contributed by atoms with Crippen LogP contribution in [0.1, 0.15) is 36.1 Å². The maximum absolute atomic E-state index is 3.73. The first-order valence-corrected chi connectivity index (χ1v) is 20.3. The summed E-state index contributed by atoms with van der Waals surface area (Å²) in [4.78, 5) is 4.99. The number of rotatable bonds is 21. The highest BCUT2D eigenvalue weighted by Gasteiger charge is 2.10. The van der Waals surface area contributed by atoms with Crippen molar-refractivity contribution in [2.45, 2.75) is 26.9 Å². The predicted octanol–water partition coefficient (Wildman–Crippen LogP) is 13.2. The van der Waals surface area contributed by atoms with E-state index in [1.807, 2.05) is 45.9 Å². The van der Waals surface area contributed by atoms with E-state index >= 15 is 0 Å². The van der Waals surface area contributed by atoms with Gasteiger partial charge in [-0.2, -0.15) is 0 Å². The topological polar surface area (TPSA) is 6.48 Å². The highest BCUT2D eigenvalue weighted by atomic mass is 33.1. The standard InChI is InChI=1S/C48H52N2S2/c1-5-7-11-17-41(3)23-25-43-27-31-47(32-28-43)49(39-45-19-13-9-14-20-45)35-37-51-52-38-36-50(40-46-21-15-10-16-22-46)48-33-29-44(30-34-48)26-24-42(4)18-12-8-6-2/h5-34H,1-2,35-40H2,3-4H3/b11-7-,12-8-,25-23+,26-24+,41-17+,42-18+. The molecule has 0 N–H and O–H groups in total. The molecule has 4 aromatic rings. The van der Waals surface area contributed by atoms with Crippen LogP contribution in [0.5, 0.6) is 0 Å². The molecule has 4 rings (SSSR count). The summed E-state index contributed by atoms with van der Waals surface area (Å²) >= 11 is 0. The molecule has 0 spiro atoms. The smallest absolute Gasteiger partial charge is 0.0429 e. The molecule has 0 saturated heterocycles. The molecule has 52 heavy (non-hydrogen) atoms. The lowest BCUT2D eigenvalue weighted by atomic mass is 10.1. The minimum Gasteiger partial charge on any atom is -0.366 e. The molecule has 0 aromatic heterocycles. The van der Waals surface area contributed by atoms with Crippen LogP contribution in [0.25, 0.3) is 12.2 Å². The van der Waals surface area contributed by atoms with Crippen molar-refractivity contribution in [3.8, 4) is 0 Å². The maximum Gasteiger partial charge on any atom is 0.0429 e. The van der Waals surface area contributed by atoms with Crippen molar-refractivity contribution in [3.63, 3.8) is 0 Å². The molecule has 4 aromatic carbocycles. The van der Waals surface area contributed by atoms with Crippen molar-refractivity contribution < 1.29 is 0 Å². The van der Waals surface area contributed by atoms with Crippen LogP contribution in [-0.2, 0) is 13.1 Å². The summed E-state index contributed by atoms with van der Waals surface area (Å²) in [5.41, 5.74) is 9.92. The summed E-state index contributed by atoms with van der Waals surface area (Å²) in [5.74, 6) is 2.08. The monoisotopic (exact) mass is 720 g/mol. The Morgan fingerprint density at radius 3 is 1.27 bits per heavy atom. The summed E-state index contributed by atoms with van der Waals surface area (Å²) in [6, 6.07) is 39.4. The van der Waals surface area contributed by atoms with Crippen LogP contribution in [0.4, 0.5) is 11.4 Å². The average Bonchev–Trinajstić information content (AvgIpc) is 3.18. The van der Waals surface area contributed by atoms with Crippen molar-refractivity contribution in [2.24, 2.45) is 0 Å². The molecule has 266 valence electrons. The first-order valence-electron chi connectivity index (χ1n) is 17.8. The summed E-state index contributed by atoms with van der Waals surface area (Å²) in [5, 5.41) is 0. The van der Waals surface area contributed by atoms with Gasteiger partial charge in [-0.05, 0) is 60.4 Å². The molecule has 0 aliphatic carbocycles. The normalized spacial score (nSPS) is 12.3. The van der Waals surface area contributed by atoms with Gasteiger partial charge >= 0.3 is 0 Å². The first kappa shape index (κ1) is 39.9. The lowest BCUT2D eigenvalue weighted by molar-refractivity contribution is 0.837. The summed E-state index contributed by atoms with van der Waals surface area (Å²) in [6.07, 6.45) is 24.3. The van der Waals surface area contributed by atoms with Gasteiger partial charge in [-0.15, -0.1) is 0 Å². The fourth-order valence-corrected chi connectivity index (χ4v) is 7.33. The molecular formula is C48H52N2S2. The molecule has 4 heteroatoms. The highest BCUT2D eigenvalue weighted by Crippen LogP contribution is 2.26. The van der Waals surface area contributed by atoms with Gasteiger partial charge in [0.15, 0.2) is 0 Å². The molecule has 0 atom stereocenters. The van der Waals surface area contributed by atoms with E-state index in [9.17, 15) is 0 Å². The third kappa shape index (κ3) is 15.1. The molecule has 0 radical (unpaired) electrons. The largest absolute Gasteiger partial charge is 0.366 e. The van der Waals surface area contributed by atoms with Crippen molar-refractivity contribution in [2.75, 3.05) is 34.4 Å². The lowest BCUT2D eigenvalue weighted by Gasteiger charge is -2.26. The Hall–Kier alpha value is -4.90. The molecule has 0 aliphatic heterocycles.